The summed E-state index contributed by atoms with van der Waals surface area (Å²) in [6, 6.07) is 24.4. The molecule has 2 unspecified atom stereocenters. The first-order valence-electron chi connectivity index (χ1n) is 10.3. The van der Waals surface area contributed by atoms with Crippen molar-refractivity contribution in [3.05, 3.63) is 102 Å². The van der Waals surface area contributed by atoms with Gasteiger partial charge in [0.2, 0.25) is 0 Å². The highest BCUT2D eigenvalue weighted by atomic mass is 19.1. The molecule has 3 aromatic rings. The number of piperidine rings is 1. The zero-order valence-electron chi connectivity index (χ0n) is 16.8. The van der Waals surface area contributed by atoms with Gasteiger partial charge in [-0.25, -0.2) is 4.39 Å². The maximum atomic E-state index is 13.1. The van der Waals surface area contributed by atoms with E-state index in [1.807, 2.05) is 30.3 Å². The van der Waals surface area contributed by atoms with Crippen LogP contribution >= 0.6 is 0 Å². The zero-order chi connectivity index (χ0) is 20.8. The molecule has 1 aliphatic rings. The molecule has 1 fully saturated rings. The second-order valence-corrected chi connectivity index (χ2v) is 7.63. The number of rotatable bonds is 6. The van der Waals surface area contributed by atoms with Gasteiger partial charge in [-0.2, -0.15) is 0 Å². The molecule has 1 saturated heterocycles. The predicted octanol–water partition coefficient (Wildman–Crippen LogP) is 5.83. The van der Waals surface area contributed by atoms with Gasteiger partial charge in [-0.3, -0.25) is 4.90 Å². The zero-order valence-corrected chi connectivity index (χ0v) is 16.8. The fourth-order valence-electron chi connectivity index (χ4n) is 3.85. The SMILES string of the molecule is OC1CCN(CC=Cc2ccccc2)C(c2ccc(Oc3ccc(F)cc3)cc2)C1. The van der Waals surface area contributed by atoms with Crippen LogP contribution in [0.3, 0.4) is 0 Å². The van der Waals surface area contributed by atoms with Crippen LogP contribution in [0.2, 0.25) is 0 Å². The van der Waals surface area contributed by atoms with E-state index in [0.717, 1.165) is 31.5 Å². The number of ether oxygens (including phenoxy) is 1. The molecule has 3 nitrogen and oxygen atoms in total. The van der Waals surface area contributed by atoms with Crippen molar-refractivity contribution in [3.63, 3.8) is 0 Å². The molecule has 1 N–H and O–H groups in total. The molecule has 154 valence electrons. The predicted molar refractivity (Wildman–Crippen MR) is 118 cm³/mol. The summed E-state index contributed by atoms with van der Waals surface area (Å²) in [5.74, 6) is 1.03. The summed E-state index contributed by atoms with van der Waals surface area (Å²) in [6.45, 7) is 1.69. The van der Waals surface area contributed by atoms with Crippen LogP contribution < -0.4 is 4.74 Å². The maximum Gasteiger partial charge on any atom is 0.127 e. The number of likely N-dealkylation sites (tertiary alicyclic amines) is 1. The van der Waals surface area contributed by atoms with Crippen LogP contribution in [0.25, 0.3) is 6.08 Å². The van der Waals surface area contributed by atoms with E-state index in [1.54, 1.807) is 12.1 Å². The van der Waals surface area contributed by atoms with Crippen LogP contribution in [0.1, 0.15) is 30.0 Å². The molecule has 1 heterocycles. The molecule has 0 spiro atoms. The summed E-state index contributed by atoms with van der Waals surface area (Å²) in [7, 11) is 0. The first kappa shape index (κ1) is 20.3. The van der Waals surface area contributed by atoms with E-state index < -0.39 is 0 Å². The van der Waals surface area contributed by atoms with Crippen molar-refractivity contribution in [2.45, 2.75) is 25.0 Å². The van der Waals surface area contributed by atoms with E-state index in [-0.39, 0.29) is 18.0 Å². The first-order chi connectivity index (χ1) is 14.7. The molecular weight excluding hydrogens is 377 g/mol. The Morgan fingerprint density at radius 1 is 0.933 bits per heavy atom. The molecule has 4 heteroatoms. The molecule has 0 radical (unpaired) electrons. The number of aliphatic hydroxyl groups is 1. The number of benzene rings is 3. The number of nitrogens with zero attached hydrogens (tertiary/aromatic N) is 1. The maximum absolute atomic E-state index is 13.1. The van der Waals surface area contributed by atoms with E-state index in [1.165, 1.54) is 17.7 Å². The second-order valence-electron chi connectivity index (χ2n) is 7.63. The van der Waals surface area contributed by atoms with Gasteiger partial charge in [-0.1, -0.05) is 54.6 Å². The van der Waals surface area contributed by atoms with Gasteiger partial charge < -0.3 is 9.84 Å². The number of hydrogen-bond donors (Lipinski definition) is 1. The molecule has 1 aliphatic heterocycles. The van der Waals surface area contributed by atoms with Crippen molar-refractivity contribution in [1.29, 1.82) is 0 Å². The van der Waals surface area contributed by atoms with Gasteiger partial charge >= 0.3 is 0 Å². The highest BCUT2D eigenvalue weighted by Gasteiger charge is 2.27. The summed E-state index contributed by atoms with van der Waals surface area (Å²) in [5.41, 5.74) is 2.35. The lowest BCUT2D eigenvalue weighted by atomic mass is 9.93. The third kappa shape index (κ3) is 5.35. The average Bonchev–Trinajstić information content (AvgIpc) is 2.78. The van der Waals surface area contributed by atoms with Gasteiger partial charge in [0.15, 0.2) is 0 Å². The van der Waals surface area contributed by atoms with Crippen molar-refractivity contribution >= 4 is 6.08 Å². The fraction of sp³-hybridized carbons (Fsp3) is 0.231. The molecule has 2 atom stereocenters. The van der Waals surface area contributed by atoms with E-state index in [4.69, 9.17) is 4.74 Å². The van der Waals surface area contributed by atoms with E-state index >= 15 is 0 Å². The van der Waals surface area contributed by atoms with Gasteiger partial charge in [0, 0.05) is 19.1 Å². The topological polar surface area (TPSA) is 32.7 Å². The first-order valence-corrected chi connectivity index (χ1v) is 10.3. The highest BCUT2D eigenvalue weighted by molar-refractivity contribution is 5.48. The lowest BCUT2D eigenvalue weighted by Crippen LogP contribution is -2.38. The number of aliphatic hydroxyl groups excluding tert-OH is 1. The van der Waals surface area contributed by atoms with Crippen molar-refractivity contribution in [3.8, 4) is 11.5 Å². The number of hydrogen-bond acceptors (Lipinski definition) is 3. The van der Waals surface area contributed by atoms with Crippen molar-refractivity contribution in [2.24, 2.45) is 0 Å². The summed E-state index contributed by atoms with van der Waals surface area (Å²) in [5, 5.41) is 10.2. The van der Waals surface area contributed by atoms with E-state index in [9.17, 15) is 9.50 Å². The Balaban J connectivity index is 1.43. The fourth-order valence-corrected chi connectivity index (χ4v) is 3.85. The third-order valence-corrected chi connectivity index (χ3v) is 5.45. The van der Waals surface area contributed by atoms with Crippen LogP contribution in [-0.4, -0.2) is 29.2 Å². The Hall–Kier alpha value is -2.95. The van der Waals surface area contributed by atoms with Crippen LogP contribution in [0.4, 0.5) is 4.39 Å². The van der Waals surface area contributed by atoms with Crippen molar-refractivity contribution < 1.29 is 14.2 Å². The lowest BCUT2D eigenvalue weighted by Gasteiger charge is -2.37. The summed E-state index contributed by atoms with van der Waals surface area (Å²) in [4.78, 5) is 2.40. The molecule has 4 rings (SSSR count). The average molecular weight is 403 g/mol. The highest BCUT2D eigenvalue weighted by Crippen LogP contribution is 2.32. The van der Waals surface area contributed by atoms with Crippen molar-refractivity contribution in [2.75, 3.05) is 13.1 Å². The molecule has 0 bridgehead atoms. The molecule has 0 aromatic heterocycles. The summed E-state index contributed by atoms with van der Waals surface area (Å²) >= 11 is 0. The van der Waals surface area contributed by atoms with Gasteiger partial charge in [0.1, 0.15) is 17.3 Å². The van der Waals surface area contributed by atoms with Crippen LogP contribution in [0, 0.1) is 5.82 Å². The molecular formula is C26H26FNO2. The number of halogens is 1. The van der Waals surface area contributed by atoms with Crippen LogP contribution in [-0.2, 0) is 0 Å². The Bertz CT molecular complexity index is 955. The van der Waals surface area contributed by atoms with Gasteiger partial charge in [0.05, 0.1) is 6.10 Å². The van der Waals surface area contributed by atoms with E-state index in [0.29, 0.717) is 11.5 Å². The standard InChI is InChI=1S/C26H26FNO2/c27-22-10-14-25(15-11-22)30-24-12-8-21(9-13-24)26-19-23(29)16-18-28(26)17-4-7-20-5-2-1-3-6-20/h1-15,23,26,29H,16-19H2. The van der Waals surface area contributed by atoms with Gasteiger partial charge in [0.25, 0.3) is 0 Å². The largest absolute Gasteiger partial charge is 0.457 e. The van der Waals surface area contributed by atoms with Crippen LogP contribution in [0.15, 0.2) is 84.9 Å². The Labute approximate surface area is 177 Å². The minimum absolute atomic E-state index is 0.161. The second kappa shape index (κ2) is 9.70. The van der Waals surface area contributed by atoms with Gasteiger partial charge in [-0.05, 0) is 60.4 Å². The molecule has 0 saturated carbocycles. The molecule has 0 aliphatic carbocycles. The van der Waals surface area contributed by atoms with Crippen molar-refractivity contribution in [1.82, 2.24) is 4.90 Å². The minimum Gasteiger partial charge on any atom is -0.457 e. The summed E-state index contributed by atoms with van der Waals surface area (Å²) in [6.07, 6.45) is 5.56. The van der Waals surface area contributed by atoms with Gasteiger partial charge in [-0.15, -0.1) is 0 Å². The lowest BCUT2D eigenvalue weighted by molar-refractivity contribution is 0.0473. The van der Waals surface area contributed by atoms with Crippen LogP contribution in [0.5, 0.6) is 11.5 Å². The summed E-state index contributed by atoms with van der Waals surface area (Å²) < 4.78 is 18.8. The monoisotopic (exact) mass is 403 g/mol. The molecule has 30 heavy (non-hydrogen) atoms. The smallest absolute Gasteiger partial charge is 0.127 e. The molecule has 3 aromatic carbocycles. The minimum atomic E-state index is -0.282. The Morgan fingerprint density at radius 3 is 2.30 bits per heavy atom. The Kier molecular flexibility index (Phi) is 6.57. The Morgan fingerprint density at radius 2 is 1.60 bits per heavy atom. The molecule has 0 amide bonds. The normalized spacial score (nSPS) is 19.8. The third-order valence-electron chi connectivity index (χ3n) is 5.45. The quantitative estimate of drug-likeness (QED) is 0.562. The van der Waals surface area contributed by atoms with E-state index in [2.05, 4.69) is 41.3 Å².